The molecule has 9 nitrogen and oxygen atoms in total. The standard InChI is InChI=1S/C24H36N8O/c1-5-6-9-26-23-22-19(29-24(25)30-23)14-28-32(22)15-20-21(33-4)12-18(13-27-20)17-7-10-31(11-8-17)16(2)3/h12-14,16-17H,5-11,15H2,1-4H3,(H3,25,26,29,30). The highest BCUT2D eigenvalue weighted by molar-refractivity contribution is 5.86. The van der Waals surface area contributed by atoms with Crippen molar-refractivity contribution < 1.29 is 4.74 Å². The molecule has 178 valence electrons. The minimum Gasteiger partial charge on any atom is -0.495 e. The Morgan fingerprint density at radius 1 is 1.21 bits per heavy atom. The van der Waals surface area contributed by atoms with Crippen LogP contribution in [0.3, 0.4) is 0 Å². The van der Waals surface area contributed by atoms with Gasteiger partial charge in [0.15, 0.2) is 5.82 Å². The smallest absolute Gasteiger partial charge is 0.222 e. The predicted octanol–water partition coefficient (Wildman–Crippen LogP) is 3.66. The summed E-state index contributed by atoms with van der Waals surface area (Å²) < 4.78 is 7.61. The molecule has 3 aromatic heterocycles. The summed E-state index contributed by atoms with van der Waals surface area (Å²) in [6.45, 7) is 10.2. The number of hydrogen-bond donors (Lipinski definition) is 2. The van der Waals surface area contributed by atoms with Gasteiger partial charge in [-0.3, -0.25) is 9.67 Å². The molecule has 4 heterocycles. The molecule has 1 saturated heterocycles. The van der Waals surface area contributed by atoms with Crippen molar-refractivity contribution >= 4 is 22.8 Å². The first kappa shape index (κ1) is 23.2. The molecule has 33 heavy (non-hydrogen) atoms. The number of nitrogen functional groups attached to an aromatic ring is 1. The van der Waals surface area contributed by atoms with Crippen LogP contribution in [0, 0.1) is 0 Å². The Morgan fingerprint density at radius 3 is 2.70 bits per heavy atom. The van der Waals surface area contributed by atoms with Gasteiger partial charge in [-0.1, -0.05) is 13.3 Å². The lowest BCUT2D eigenvalue weighted by Crippen LogP contribution is -2.37. The van der Waals surface area contributed by atoms with Crippen LogP contribution in [0.1, 0.15) is 63.6 Å². The molecule has 3 N–H and O–H groups in total. The zero-order chi connectivity index (χ0) is 23.4. The van der Waals surface area contributed by atoms with Crippen molar-refractivity contribution in [2.24, 2.45) is 0 Å². The van der Waals surface area contributed by atoms with Crippen molar-refractivity contribution in [3.05, 3.63) is 29.7 Å². The largest absolute Gasteiger partial charge is 0.495 e. The molecular weight excluding hydrogens is 416 g/mol. The molecule has 0 radical (unpaired) electrons. The summed E-state index contributed by atoms with van der Waals surface area (Å²) in [5.41, 5.74) is 9.55. The van der Waals surface area contributed by atoms with Gasteiger partial charge in [-0.05, 0) is 63.7 Å². The van der Waals surface area contributed by atoms with E-state index in [0.29, 0.717) is 29.8 Å². The van der Waals surface area contributed by atoms with E-state index in [0.717, 1.165) is 62.3 Å². The van der Waals surface area contributed by atoms with Gasteiger partial charge in [0.05, 0.1) is 19.9 Å². The van der Waals surface area contributed by atoms with Crippen molar-refractivity contribution in [1.29, 1.82) is 0 Å². The van der Waals surface area contributed by atoms with Crippen LogP contribution in [0.4, 0.5) is 11.8 Å². The van der Waals surface area contributed by atoms with Gasteiger partial charge in [0.25, 0.3) is 0 Å². The maximum Gasteiger partial charge on any atom is 0.222 e. The van der Waals surface area contributed by atoms with E-state index in [-0.39, 0.29) is 5.95 Å². The van der Waals surface area contributed by atoms with Crippen LogP contribution in [0.25, 0.3) is 11.0 Å². The summed E-state index contributed by atoms with van der Waals surface area (Å²) in [7, 11) is 1.70. The van der Waals surface area contributed by atoms with E-state index in [1.165, 1.54) is 5.56 Å². The van der Waals surface area contributed by atoms with E-state index in [1.54, 1.807) is 13.3 Å². The summed E-state index contributed by atoms with van der Waals surface area (Å²) in [5.74, 6) is 2.26. The van der Waals surface area contributed by atoms with Crippen LogP contribution in [-0.4, -0.2) is 62.4 Å². The highest BCUT2D eigenvalue weighted by atomic mass is 16.5. The average molecular weight is 453 g/mol. The van der Waals surface area contributed by atoms with E-state index in [2.05, 4.69) is 52.1 Å². The van der Waals surface area contributed by atoms with E-state index < -0.39 is 0 Å². The predicted molar refractivity (Wildman–Crippen MR) is 132 cm³/mol. The Morgan fingerprint density at radius 2 is 2.00 bits per heavy atom. The second-order valence-corrected chi connectivity index (χ2v) is 9.07. The van der Waals surface area contributed by atoms with Crippen LogP contribution in [0.2, 0.25) is 0 Å². The maximum absolute atomic E-state index is 5.91. The lowest BCUT2D eigenvalue weighted by atomic mass is 9.89. The number of aromatic nitrogens is 5. The fraction of sp³-hybridized carbons (Fsp3) is 0.583. The van der Waals surface area contributed by atoms with Crippen molar-refractivity contribution in [3.63, 3.8) is 0 Å². The molecule has 0 amide bonds. The highest BCUT2D eigenvalue weighted by Crippen LogP contribution is 2.32. The number of piperidine rings is 1. The molecule has 4 rings (SSSR count). The SMILES string of the molecule is CCCCNc1nc(N)nc2cnn(Cc3ncc(C4CCN(C(C)C)CC4)cc3OC)c12. The molecule has 0 aliphatic carbocycles. The Hall–Kier alpha value is -2.94. The Kier molecular flexibility index (Phi) is 7.27. The molecule has 0 spiro atoms. The number of rotatable bonds is 9. The maximum atomic E-state index is 5.91. The van der Waals surface area contributed by atoms with E-state index in [4.69, 9.17) is 15.5 Å². The molecule has 0 bridgehead atoms. The van der Waals surface area contributed by atoms with E-state index in [9.17, 15) is 0 Å². The summed E-state index contributed by atoms with van der Waals surface area (Å²) in [6.07, 6.45) is 8.18. The van der Waals surface area contributed by atoms with Crippen molar-refractivity contribution in [1.82, 2.24) is 29.6 Å². The van der Waals surface area contributed by atoms with Gasteiger partial charge in [0, 0.05) is 18.8 Å². The number of nitrogens with two attached hydrogens (primary N) is 1. The molecule has 1 aliphatic heterocycles. The van der Waals surface area contributed by atoms with E-state index >= 15 is 0 Å². The Balaban J connectivity index is 1.56. The summed E-state index contributed by atoms with van der Waals surface area (Å²) in [6, 6.07) is 2.75. The van der Waals surface area contributed by atoms with Crippen LogP contribution < -0.4 is 15.8 Å². The lowest BCUT2D eigenvalue weighted by molar-refractivity contribution is 0.171. The van der Waals surface area contributed by atoms with Crippen molar-refractivity contribution in [3.8, 4) is 5.75 Å². The Bertz CT molecular complexity index is 1070. The topological polar surface area (TPSA) is 107 Å². The molecule has 0 atom stereocenters. The molecule has 3 aromatic rings. The van der Waals surface area contributed by atoms with Gasteiger partial charge in [-0.2, -0.15) is 10.1 Å². The second-order valence-electron chi connectivity index (χ2n) is 9.07. The van der Waals surface area contributed by atoms with Crippen LogP contribution >= 0.6 is 0 Å². The molecule has 0 aromatic carbocycles. The lowest BCUT2D eigenvalue weighted by Gasteiger charge is -2.34. The number of nitrogens with zero attached hydrogens (tertiary/aromatic N) is 6. The van der Waals surface area contributed by atoms with Gasteiger partial charge in [-0.15, -0.1) is 0 Å². The van der Waals surface area contributed by atoms with Crippen LogP contribution in [-0.2, 0) is 6.54 Å². The average Bonchev–Trinajstić information content (AvgIpc) is 3.22. The van der Waals surface area contributed by atoms with Gasteiger partial charge in [0.1, 0.15) is 22.5 Å². The zero-order valence-electron chi connectivity index (χ0n) is 20.2. The minimum atomic E-state index is 0.240. The van der Waals surface area contributed by atoms with Crippen LogP contribution in [0.5, 0.6) is 5.75 Å². The molecule has 0 unspecified atom stereocenters. The third kappa shape index (κ3) is 5.19. The molecule has 9 heteroatoms. The third-order valence-corrected chi connectivity index (χ3v) is 6.53. The summed E-state index contributed by atoms with van der Waals surface area (Å²) >= 11 is 0. The van der Waals surface area contributed by atoms with Gasteiger partial charge in [0.2, 0.25) is 5.95 Å². The number of methoxy groups -OCH3 is 1. The molecule has 1 fully saturated rings. The second kappa shape index (κ2) is 10.3. The van der Waals surface area contributed by atoms with Gasteiger partial charge < -0.3 is 20.7 Å². The number of pyridine rings is 1. The Labute approximate surface area is 195 Å². The fourth-order valence-electron chi connectivity index (χ4n) is 4.54. The minimum absolute atomic E-state index is 0.240. The van der Waals surface area contributed by atoms with E-state index in [1.807, 2.05) is 10.9 Å². The van der Waals surface area contributed by atoms with Crippen molar-refractivity contribution in [2.75, 3.05) is 37.8 Å². The molecule has 0 saturated carbocycles. The normalized spacial score (nSPS) is 15.4. The fourth-order valence-corrected chi connectivity index (χ4v) is 4.54. The number of hydrogen-bond acceptors (Lipinski definition) is 8. The first-order chi connectivity index (χ1) is 16.0. The number of ether oxygens (including phenoxy) is 1. The zero-order valence-corrected chi connectivity index (χ0v) is 20.2. The number of likely N-dealkylation sites (tertiary alicyclic amines) is 1. The first-order valence-corrected chi connectivity index (χ1v) is 12.0. The quantitative estimate of drug-likeness (QED) is 0.474. The van der Waals surface area contributed by atoms with Gasteiger partial charge >= 0.3 is 0 Å². The third-order valence-electron chi connectivity index (χ3n) is 6.53. The van der Waals surface area contributed by atoms with Crippen LogP contribution in [0.15, 0.2) is 18.5 Å². The molecular formula is C24H36N8O. The summed E-state index contributed by atoms with van der Waals surface area (Å²) in [4.78, 5) is 16.1. The van der Waals surface area contributed by atoms with Gasteiger partial charge in [-0.25, -0.2) is 4.98 Å². The number of unbranched alkanes of at least 4 members (excludes halogenated alkanes) is 1. The summed E-state index contributed by atoms with van der Waals surface area (Å²) in [5, 5.41) is 7.94. The number of nitrogens with one attached hydrogen (secondary N) is 1. The molecule has 1 aliphatic rings. The number of fused-ring (bicyclic) bond motifs is 1. The highest BCUT2D eigenvalue weighted by Gasteiger charge is 2.23. The van der Waals surface area contributed by atoms with Crippen molar-refractivity contribution in [2.45, 2.75) is 65.0 Å². The number of anilines is 2. The monoisotopic (exact) mass is 452 g/mol. The first-order valence-electron chi connectivity index (χ1n) is 12.0.